The number of hydrogen-bond donors (Lipinski definition) is 3. The molecule has 0 atom stereocenters. The molecule has 0 aromatic carbocycles. The van der Waals surface area contributed by atoms with Gasteiger partial charge in [-0.3, -0.25) is 4.68 Å². The van der Waals surface area contributed by atoms with Crippen LogP contribution in [0.1, 0.15) is 0 Å². The molecule has 2 aromatic heterocycles. The summed E-state index contributed by atoms with van der Waals surface area (Å²) in [5, 5.41) is 29.6. The van der Waals surface area contributed by atoms with E-state index in [0.717, 1.165) is 11.0 Å². The second-order valence-corrected chi connectivity index (χ2v) is 3.92. The molecule has 6 heteroatoms. The van der Waals surface area contributed by atoms with E-state index in [4.69, 9.17) is 10.2 Å². The Kier molecular flexibility index (Phi) is 3.26. The largest absolute Gasteiger partial charge is 0.504 e. The van der Waals surface area contributed by atoms with Crippen LogP contribution in [-0.4, -0.2) is 50.9 Å². The van der Waals surface area contributed by atoms with Gasteiger partial charge >= 0.3 is 0 Å². The fraction of sp³-hybridized carbons (Fsp3) is 0.455. The number of hydrogen-bond acceptors (Lipinski definition) is 4. The number of aliphatic hydroxyl groups is 2. The van der Waals surface area contributed by atoms with Crippen LogP contribution in [0.2, 0.25) is 0 Å². The summed E-state index contributed by atoms with van der Waals surface area (Å²) in [5.41, 5.74) is 1.60. The van der Waals surface area contributed by atoms with Crippen molar-refractivity contribution in [1.82, 2.24) is 9.24 Å². The Bertz CT molecular complexity index is 497. The number of aromatic hydroxyl groups is 1. The molecule has 2 aromatic rings. The lowest BCUT2D eigenvalue weighted by Crippen LogP contribution is -2.38. The first kappa shape index (κ1) is 11.8. The Balaban J connectivity index is 2.45. The highest BCUT2D eigenvalue weighted by Crippen LogP contribution is 2.27. The summed E-state index contributed by atoms with van der Waals surface area (Å²) in [4.78, 5) is 0. The summed E-state index contributed by atoms with van der Waals surface area (Å²) in [7, 11) is 1.86. The molecule has 0 unspecified atom stereocenters. The fourth-order valence-corrected chi connectivity index (χ4v) is 2.05. The topological polar surface area (TPSA) is 73.8 Å². The molecule has 0 saturated heterocycles. The maximum atomic E-state index is 9.85. The van der Waals surface area contributed by atoms with E-state index < -0.39 is 0 Å². The first-order chi connectivity index (χ1) is 8.19. The van der Waals surface area contributed by atoms with Crippen LogP contribution in [0.5, 0.6) is 5.75 Å². The van der Waals surface area contributed by atoms with Crippen LogP contribution in [0.15, 0.2) is 18.5 Å². The molecule has 0 aliphatic carbocycles. The normalized spacial score (nSPS) is 11.2. The van der Waals surface area contributed by atoms with Crippen molar-refractivity contribution in [3.63, 3.8) is 0 Å². The number of fused-ring (bicyclic) bond motifs is 1. The molecule has 0 saturated carbocycles. The van der Waals surface area contributed by atoms with Crippen LogP contribution >= 0.6 is 0 Å². The van der Waals surface area contributed by atoms with Crippen LogP contribution in [0.3, 0.4) is 0 Å². The van der Waals surface area contributed by atoms with Crippen molar-refractivity contribution in [3.8, 4) is 5.75 Å². The first-order valence-electron chi connectivity index (χ1n) is 5.51. The van der Waals surface area contributed by atoms with Crippen molar-refractivity contribution in [2.24, 2.45) is 7.05 Å². The minimum Gasteiger partial charge on any atom is -0.504 e. The Morgan fingerprint density at radius 1 is 1.24 bits per heavy atom. The average molecular weight is 239 g/mol. The van der Waals surface area contributed by atoms with E-state index in [0.29, 0.717) is 13.1 Å². The molecule has 0 bridgehead atoms. The standard InChI is InChI=1S/C11H17N3O3/c1-12-3-2-9-11(12)10(17)8-14(9)13(4-6-15)5-7-16/h2-3,8,15-17H,4-7H2,1H3. The Labute approximate surface area is 98.9 Å². The Morgan fingerprint density at radius 3 is 2.47 bits per heavy atom. The molecule has 0 amide bonds. The van der Waals surface area contributed by atoms with Crippen molar-refractivity contribution in [2.75, 3.05) is 31.3 Å². The number of aryl methyl sites for hydroxylation is 1. The molecule has 2 rings (SSSR count). The summed E-state index contributed by atoms with van der Waals surface area (Å²) >= 11 is 0. The van der Waals surface area contributed by atoms with E-state index in [1.54, 1.807) is 15.9 Å². The zero-order valence-electron chi connectivity index (χ0n) is 9.74. The molecule has 0 radical (unpaired) electrons. The monoisotopic (exact) mass is 239 g/mol. The second kappa shape index (κ2) is 4.68. The number of aromatic nitrogens is 2. The fourth-order valence-electron chi connectivity index (χ4n) is 2.05. The molecular weight excluding hydrogens is 222 g/mol. The van der Waals surface area contributed by atoms with E-state index in [1.165, 1.54) is 0 Å². The number of rotatable bonds is 5. The Morgan fingerprint density at radius 2 is 1.88 bits per heavy atom. The van der Waals surface area contributed by atoms with Gasteiger partial charge in [0.05, 0.1) is 38.0 Å². The number of nitrogens with zero attached hydrogens (tertiary/aromatic N) is 3. The zero-order chi connectivity index (χ0) is 12.4. The predicted octanol–water partition coefficient (Wildman–Crippen LogP) is -0.392. The summed E-state index contributed by atoms with van der Waals surface area (Å²) in [6, 6.07) is 1.89. The molecular formula is C11H17N3O3. The third-order valence-corrected chi connectivity index (χ3v) is 2.81. The minimum absolute atomic E-state index is 0.00668. The van der Waals surface area contributed by atoms with Gasteiger partial charge in [-0.05, 0) is 6.07 Å². The van der Waals surface area contributed by atoms with Gasteiger partial charge in [-0.25, -0.2) is 0 Å². The third-order valence-electron chi connectivity index (χ3n) is 2.81. The van der Waals surface area contributed by atoms with E-state index in [9.17, 15) is 5.11 Å². The van der Waals surface area contributed by atoms with Crippen molar-refractivity contribution in [2.45, 2.75) is 0 Å². The SMILES string of the molecule is Cn1ccc2c1c(O)cn2N(CCO)CCO. The lowest BCUT2D eigenvalue weighted by molar-refractivity contribution is 0.266. The van der Waals surface area contributed by atoms with Crippen molar-refractivity contribution in [3.05, 3.63) is 18.5 Å². The van der Waals surface area contributed by atoms with Gasteiger partial charge in [-0.15, -0.1) is 0 Å². The van der Waals surface area contributed by atoms with E-state index in [1.807, 2.05) is 23.9 Å². The molecule has 0 aliphatic heterocycles. The molecule has 2 heterocycles. The quantitative estimate of drug-likeness (QED) is 0.664. The smallest absolute Gasteiger partial charge is 0.159 e. The minimum atomic E-state index is -0.00668. The van der Waals surface area contributed by atoms with Gasteiger partial charge in [0.15, 0.2) is 5.75 Å². The van der Waals surface area contributed by atoms with Crippen molar-refractivity contribution < 1.29 is 15.3 Å². The van der Waals surface area contributed by atoms with Gasteiger partial charge in [0.2, 0.25) is 0 Å². The summed E-state index contributed by atoms with van der Waals surface area (Å²) in [5.74, 6) is 0.188. The van der Waals surface area contributed by atoms with E-state index in [2.05, 4.69) is 0 Å². The van der Waals surface area contributed by atoms with Gasteiger partial charge in [-0.1, -0.05) is 0 Å². The van der Waals surface area contributed by atoms with E-state index in [-0.39, 0.29) is 19.0 Å². The van der Waals surface area contributed by atoms with Crippen LogP contribution in [-0.2, 0) is 7.05 Å². The lowest BCUT2D eigenvalue weighted by Gasteiger charge is -2.24. The molecule has 17 heavy (non-hydrogen) atoms. The molecule has 6 nitrogen and oxygen atoms in total. The second-order valence-electron chi connectivity index (χ2n) is 3.92. The maximum Gasteiger partial charge on any atom is 0.159 e. The highest BCUT2D eigenvalue weighted by atomic mass is 16.3. The molecule has 0 spiro atoms. The van der Waals surface area contributed by atoms with Gasteiger partial charge in [-0.2, -0.15) is 0 Å². The van der Waals surface area contributed by atoms with Crippen LogP contribution in [0.25, 0.3) is 11.0 Å². The molecule has 0 aliphatic rings. The van der Waals surface area contributed by atoms with E-state index >= 15 is 0 Å². The summed E-state index contributed by atoms with van der Waals surface area (Å²) < 4.78 is 3.59. The predicted molar refractivity (Wildman–Crippen MR) is 64.7 cm³/mol. The molecule has 3 N–H and O–H groups in total. The van der Waals surface area contributed by atoms with Crippen LogP contribution < -0.4 is 5.01 Å². The maximum absolute atomic E-state index is 9.85. The van der Waals surface area contributed by atoms with Gasteiger partial charge in [0.25, 0.3) is 0 Å². The first-order valence-corrected chi connectivity index (χ1v) is 5.51. The average Bonchev–Trinajstić information content (AvgIpc) is 2.82. The van der Waals surface area contributed by atoms with Gasteiger partial charge in [0, 0.05) is 13.2 Å². The third kappa shape index (κ3) is 1.96. The molecule has 94 valence electrons. The molecule has 0 fully saturated rings. The Hall–Kier alpha value is -1.66. The van der Waals surface area contributed by atoms with Crippen LogP contribution in [0.4, 0.5) is 0 Å². The highest BCUT2D eigenvalue weighted by molar-refractivity contribution is 5.84. The number of aliphatic hydroxyl groups excluding tert-OH is 2. The highest BCUT2D eigenvalue weighted by Gasteiger charge is 2.14. The lowest BCUT2D eigenvalue weighted by atomic mass is 10.4. The van der Waals surface area contributed by atoms with Crippen LogP contribution in [0, 0.1) is 0 Å². The summed E-state index contributed by atoms with van der Waals surface area (Å²) in [6.07, 6.45) is 3.45. The summed E-state index contributed by atoms with van der Waals surface area (Å²) in [6.45, 7) is 0.790. The van der Waals surface area contributed by atoms with Crippen molar-refractivity contribution in [1.29, 1.82) is 0 Å². The van der Waals surface area contributed by atoms with Gasteiger partial charge in [0.1, 0.15) is 5.52 Å². The van der Waals surface area contributed by atoms with Crippen molar-refractivity contribution >= 4 is 11.0 Å². The van der Waals surface area contributed by atoms with Gasteiger partial charge < -0.3 is 24.9 Å². The zero-order valence-corrected chi connectivity index (χ0v) is 9.74.